The van der Waals surface area contributed by atoms with Gasteiger partial charge in [-0.05, 0) is 24.5 Å². The first-order chi connectivity index (χ1) is 9.04. The van der Waals surface area contributed by atoms with Gasteiger partial charge in [-0.25, -0.2) is 4.99 Å². The Balaban J connectivity index is 3.01. The summed E-state index contributed by atoms with van der Waals surface area (Å²) in [6, 6.07) is 5.66. The molecule has 0 unspecified atom stereocenters. The maximum atomic E-state index is 6.15. The average Bonchev–Trinajstić information content (AvgIpc) is 2.32. The summed E-state index contributed by atoms with van der Waals surface area (Å²) in [5, 5.41) is 0.544. The topological polar surface area (TPSA) is 103 Å². The van der Waals surface area contributed by atoms with Crippen LogP contribution >= 0.6 is 11.6 Å². The van der Waals surface area contributed by atoms with Crippen molar-refractivity contribution in [3.05, 3.63) is 28.8 Å². The molecule has 0 saturated heterocycles. The van der Waals surface area contributed by atoms with Crippen molar-refractivity contribution >= 4 is 29.2 Å². The highest BCUT2D eigenvalue weighted by atomic mass is 35.5. The fraction of sp³-hybridized carbons (Fsp3) is 0.385. The Labute approximate surface area is 118 Å². The van der Waals surface area contributed by atoms with Gasteiger partial charge in [0, 0.05) is 0 Å². The molecule has 0 bridgehead atoms. The molecular formula is C13H20ClN5. The molecule has 0 heterocycles. The Bertz CT molecular complexity index is 478. The third kappa shape index (κ3) is 5.18. The molecule has 104 valence electrons. The molecule has 0 radical (unpaired) electrons. The first-order valence-electron chi connectivity index (χ1n) is 6.25. The van der Waals surface area contributed by atoms with Crippen LogP contribution in [-0.2, 0) is 6.42 Å². The number of para-hydroxylation sites is 1. The summed E-state index contributed by atoms with van der Waals surface area (Å²) in [4.78, 5) is 7.89. The summed E-state index contributed by atoms with van der Waals surface area (Å²) < 4.78 is 0. The molecular weight excluding hydrogens is 262 g/mol. The molecule has 5 nitrogen and oxygen atoms in total. The second kappa shape index (κ2) is 7.63. The number of guanidine groups is 2. The number of benzene rings is 1. The van der Waals surface area contributed by atoms with Gasteiger partial charge in [0.05, 0.1) is 10.7 Å². The molecule has 0 aliphatic heterocycles. The smallest absolute Gasteiger partial charge is 0.223 e. The zero-order chi connectivity index (χ0) is 14.3. The second-order valence-electron chi connectivity index (χ2n) is 4.21. The van der Waals surface area contributed by atoms with Gasteiger partial charge in [0.15, 0.2) is 5.96 Å². The summed E-state index contributed by atoms with van der Waals surface area (Å²) in [6.45, 7) is 2.16. The van der Waals surface area contributed by atoms with E-state index in [9.17, 15) is 0 Å². The van der Waals surface area contributed by atoms with Crippen LogP contribution in [0.5, 0.6) is 0 Å². The number of halogens is 1. The van der Waals surface area contributed by atoms with Crippen LogP contribution in [0.4, 0.5) is 5.69 Å². The first kappa shape index (κ1) is 15.3. The van der Waals surface area contributed by atoms with Gasteiger partial charge in [0.1, 0.15) is 0 Å². The van der Waals surface area contributed by atoms with Crippen LogP contribution in [-0.4, -0.2) is 11.9 Å². The number of rotatable bonds is 5. The minimum Gasteiger partial charge on any atom is -0.370 e. The molecule has 19 heavy (non-hydrogen) atoms. The maximum Gasteiger partial charge on any atom is 0.223 e. The predicted molar refractivity (Wildman–Crippen MR) is 81.8 cm³/mol. The largest absolute Gasteiger partial charge is 0.370 e. The molecule has 1 aromatic carbocycles. The maximum absolute atomic E-state index is 6.15. The summed E-state index contributed by atoms with van der Waals surface area (Å²) in [7, 11) is 0. The lowest BCUT2D eigenvalue weighted by Crippen LogP contribution is -2.26. The number of unbranched alkanes of at least 4 members (excludes halogenated alkanes) is 2. The van der Waals surface area contributed by atoms with E-state index in [0.717, 1.165) is 24.8 Å². The standard InChI is InChI=1S/C13H20ClN5/c1-2-3-4-6-9-7-5-8-10(14)11(9)18-13(17)19-12(15)16/h5,7-8H,2-4,6H2,1H3,(H6,15,16,17,18,19). The van der Waals surface area contributed by atoms with E-state index in [1.54, 1.807) is 6.07 Å². The van der Waals surface area contributed by atoms with Crippen LogP contribution in [0.25, 0.3) is 0 Å². The molecule has 0 aliphatic rings. The SMILES string of the molecule is CCCCCc1cccc(Cl)c1N=C(N)N=C(N)N. The van der Waals surface area contributed by atoms with Gasteiger partial charge in [0.2, 0.25) is 5.96 Å². The van der Waals surface area contributed by atoms with Gasteiger partial charge >= 0.3 is 0 Å². The lowest BCUT2D eigenvalue weighted by atomic mass is 10.1. The lowest BCUT2D eigenvalue weighted by molar-refractivity contribution is 0.718. The van der Waals surface area contributed by atoms with E-state index >= 15 is 0 Å². The Hall–Kier alpha value is -1.75. The van der Waals surface area contributed by atoms with Crippen LogP contribution in [0.1, 0.15) is 31.7 Å². The van der Waals surface area contributed by atoms with E-state index < -0.39 is 0 Å². The third-order valence-corrected chi connectivity index (χ3v) is 2.90. The number of hydrogen-bond acceptors (Lipinski definition) is 1. The molecule has 0 atom stereocenters. The minimum absolute atomic E-state index is 0.00448. The molecule has 0 spiro atoms. The number of aliphatic imine (C=N–C) groups is 2. The van der Waals surface area contributed by atoms with Gasteiger partial charge in [-0.2, -0.15) is 4.99 Å². The molecule has 6 heteroatoms. The van der Waals surface area contributed by atoms with Crippen LogP contribution in [0.2, 0.25) is 5.02 Å². The molecule has 0 aliphatic carbocycles. The van der Waals surface area contributed by atoms with Crippen molar-refractivity contribution in [1.29, 1.82) is 0 Å². The second-order valence-corrected chi connectivity index (χ2v) is 4.62. The lowest BCUT2D eigenvalue weighted by Gasteiger charge is -2.07. The Kier molecular flexibility index (Phi) is 6.15. The van der Waals surface area contributed by atoms with Gasteiger partial charge in [0.25, 0.3) is 0 Å². The monoisotopic (exact) mass is 281 g/mol. The highest BCUT2D eigenvalue weighted by Gasteiger charge is 2.06. The van der Waals surface area contributed by atoms with Crippen LogP contribution in [0.15, 0.2) is 28.2 Å². The first-order valence-corrected chi connectivity index (χ1v) is 6.63. The predicted octanol–water partition coefficient (Wildman–Crippen LogP) is 2.29. The number of nitrogens with two attached hydrogens (primary N) is 3. The molecule has 0 amide bonds. The van der Waals surface area contributed by atoms with E-state index in [-0.39, 0.29) is 11.9 Å². The summed E-state index contributed by atoms with van der Waals surface area (Å²) in [5.41, 5.74) is 17.8. The van der Waals surface area contributed by atoms with Crippen molar-refractivity contribution in [3.63, 3.8) is 0 Å². The van der Waals surface area contributed by atoms with Crippen molar-refractivity contribution in [2.45, 2.75) is 32.6 Å². The van der Waals surface area contributed by atoms with E-state index in [4.69, 9.17) is 28.8 Å². The highest BCUT2D eigenvalue weighted by Crippen LogP contribution is 2.30. The van der Waals surface area contributed by atoms with E-state index in [2.05, 4.69) is 16.9 Å². The summed E-state index contributed by atoms with van der Waals surface area (Å²) in [6.07, 6.45) is 4.32. The van der Waals surface area contributed by atoms with Crippen molar-refractivity contribution in [1.82, 2.24) is 0 Å². The third-order valence-electron chi connectivity index (χ3n) is 2.59. The van der Waals surface area contributed by atoms with Gasteiger partial charge in [-0.3, -0.25) is 0 Å². The molecule has 0 aromatic heterocycles. The van der Waals surface area contributed by atoms with Crippen molar-refractivity contribution in [2.75, 3.05) is 0 Å². The minimum atomic E-state index is -0.124. The Morgan fingerprint density at radius 1 is 1.21 bits per heavy atom. The normalized spacial score (nSPS) is 11.4. The molecule has 1 aromatic rings. The molecule has 1 rings (SSSR count). The highest BCUT2D eigenvalue weighted by molar-refractivity contribution is 6.33. The molecule has 0 fully saturated rings. The van der Waals surface area contributed by atoms with Crippen LogP contribution < -0.4 is 17.2 Å². The number of hydrogen-bond donors (Lipinski definition) is 3. The molecule has 6 N–H and O–H groups in total. The van der Waals surface area contributed by atoms with Crippen LogP contribution in [0.3, 0.4) is 0 Å². The zero-order valence-electron chi connectivity index (χ0n) is 11.1. The summed E-state index contributed by atoms with van der Waals surface area (Å²) >= 11 is 6.15. The quantitative estimate of drug-likeness (QED) is 0.438. The number of nitrogens with zero attached hydrogens (tertiary/aromatic N) is 2. The Morgan fingerprint density at radius 2 is 1.95 bits per heavy atom. The zero-order valence-corrected chi connectivity index (χ0v) is 11.8. The molecule has 0 saturated carbocycles. The summed E-state index contributed by atoms with van der Waals surface area (Å²) in [5.74, 6) is -0.120. The van der Waals surface area contributed by atoms with Crippen molar-refractivity contribution < 1.29 is 0 Å². The van der Waals surface area contributed by atoms with E-state index in [0.29, 0.717) is 10.7 Å². The van der Waals surface area contributed by atoms with E-state index in [1.807, 2.05) is 12.1 Å². The fourth-order valence-electron chi connectivity index (χ4n) is 1.72. The Morgan fingerprint density at radius 3 is 2.58 bits per heavy atom. The van der Waals surface area contributed by atoms with Crippen molar-refractivity contribution in [3.8, 4) is 0 Å². The average molecular weight is 282 g/mol. The van der Waals surface area contributed by atoms with Crippen LogP contribution in [0, 0.1) is 0 Å². The van der Waals surface area contributed by atoms with Gasteiger partial charge in [-0.15, -0.1) is 0 Å². The fourth-order valence-corrected chi connectivity index (χ4v) is 1.96. The number of aryl methyl sites for hydroxylation is 1. The van der Waals surface area contributed by atoms with Gasteiger partial charge < -0.3 is 17.2 Å². The van der Waals surface area contributed by atoms with E-state index in [1.165, 1.54) is 6.42 Å². The van der Waals surface area contributed by atoms with Gasteiger partial charge in [-0.1, -0.05) is 43.5 Å². The van der Waals surface area contributed by atoms with Crippen molar-refractivity contribution in [2.24, 2.45) is 27.2 Å².